The Morgan fingerprint density at radius 3 is 2.39 bits per heavy atom. The summed E-state index contributed by atoms with van der Waals surface area (Å²) in [7, 11) is -2.25. The maximum Gasteiger partial charge on any atom is 0.261 e. The minimum atomic E-state index is -3.83. The number of para-hydroxylation sites is 1. The summed E-state index contributed by atoms with van der Waals surface area (Å²) in [4.78, 5) is 14.1. The van der Waals surface area contributed by atoms with Gasteiger partial charge in [0, 0.05) is 24.8 Å². The Morgan fingerprint density at radius 1 is 0.964 bits per heavy atom. The Labute approximate surface area is 163 Å². The molecule has 3 rings (SSSR count). The van der Waals surface area contributed by atoms with Crippen LogP contribution < -0.4 is 4.72 Å². The van der Waals surface area contributed by atoms with Crippen molar-refractivity contribution >= 4 is 21.6 Å². The summed E-state index contributed by atoms with van der Waals surface area (Å²) in [5.41, 5.74) is 1.31. The van der Waals surface area contributed by atoms with Crippen LogP contribution in [0.2, 0.25) is 0 Å². The van der Waals surface area contributed by atoms with Crippen molar-refractivity contribution in [3.63, 3.8) is 0 Å². The lowest BCUT2D eigenvalue weighted by Crippen LogP contribution is -2.26. The van der Waals surface area contributed by atoms with E-state index in [4.69, 9.17) is 0 Å². The molecule has 3 aromatic carbocycles. The SMILES string of the molecule is CN(Cc1cccc(F)c1)C(=O)c1cccc(S(=O)(=O)Nc2ccccc2)c1. The minimum absolute atomic E-state index is 0.0126. The van der Waals surface area contributed by atoms with Gasteiger partial charge in [0.05, 0.1) is 4.90 Å². The lowest BCUT2D eigenvalue weighted by molar-refractivity contribution is 0.0784. The number of anilines is 1. The molecule has 0 heterocycles. The molecule has 0 aromatic heterocycles. The van der Waals surface area contributed by atoms with Gasteiger partial charge in [-0.25, -0.2) is 12.8 Å². The highest BCUT2D eigenvalue weighted by atomic mass is 32.2. The fraction of sp³-hybridized carbons (Fsp3) is 0.0952. The molecule has 1 amide bonds. The second-order valence-corrected chi connectivity index (χ2v) is 7.97. The van der Waals surface area contributed by atoms with Crippen LogP contribution in [0.15, 0.2) is 83.8 Å². The zero-order valence-corrected chi connectivity index (χ0v) is 16.0. The van der Waals surface area contributed by atoms with E-state index in [-0.39, 0.29) is 28.7 Å². The van der Waals surface area contributed by atoms with E-state index in [9.17, 15) is 17.6 Å². The number of carbonyl (C=O) groups is 1. The molecule has 0 unspecified atom stereocenters. The van der Waals surface area contributed by atoms with Crippen molar-refractivity contribution in [2.24, 2.45) is 0 Å². The quantitative estimate of drug-likeness (QED) is 0.685. The van der Waals surface area contributed by atoms with Gasteiger partial charge < -0.3 is 4.90 Å². The summed E-state index contributed by atoms with van der Waals surface area (Å²) >= 11 is 0. The number of hydrogen-bond donors (Lipinski definition) is 1. The third kappa shape index (κ3) is 4.75. The van der Waals surface area contributed by atoms with E-state index >= 15 is 0 Å². The number of amides is 1. The van der Waals surface area contributed by atoms with Crippen molar-refractivity contribution < 1.29 is 17.6 Å². The van der Waals surface area contributed by atoms with Crippen molar-refractivity contribution in [3.8, 4) is 0 Å². The van der Waals surface area contributed by atoms with Crippen molar-refractivity contribution in [2.45, 2.75) is 11.4 Å². The maximum absolute atomic E-state index is 13.3. The fourth-order valence-electron chi connectivity index (χ4n) is 2.72. The van der Waals surface area contributed by atoms with Gasteiger partial charge in [-0.2, -0.15) is 0 Å². The normalized spacial score (nSPS) is 11.1. The van der Waals surface area contributed by atoms with Gasteiger partial charge in [0.1, 0.15) is 5.82 Å². The van der Waals surface area contributed by atoms with E-state index < -0.39 is 10.0 Å². The molecule has 3 aromatic rings. The number of hydrogen-bond acceptors (Lipinski definition) is 3. The first kappa shape index (κ1) is 19.6. The molecule has 28 heavy (non-hydrogen) atoms. The maximum atomic E-state index is 13.3. The molecule has 0 fully saturated rings. The highest BCUT2D eigenvalue weighted by Gasteiger charge is 2.18. The number of nitrogens with zero attached hydrogens (tertiary/aromatic N) is 1. The Balaban J connectivity index is 1.79. The van der Waals surface area contributed by atoms with Crippen LogP contribution in [-0.2, 0) is 16.6 Å². The fourth-order valence-corrected chi connectivity index (χ4v) is 3.82. The molecule has 1 N–H and O–H groups in total. The largest absolute Gasteiger partial charge is 0.337 e. The molecule has 0 saturated heterocycles. The van der Waals surface area contributed by atoms with Crippen LogP contribution in [0, 0.1) is 5.82 Å². The Bertz CT molecular complexity index is 1090. The second kappa shape index (κ2) is 8.22. The number of sulfonamides is 1. The molecule has 0 aliphatic rings. The molecule has 0 bridgehead atoms. The lowest BCUT2D eigenvalue weighted by Gasteiger charge is -2.18. The second-order valence-electron chi connectivity index (χ2n) is 6.29. The van der Waals surface area contributed by atoms with Crippen LogP contribution in [0.1, 0.15) is 15.9 Å². The molecule has 0 saturated carbocycles. The van der Waals surface area contributed by atoms with E-state index in [0.29, 0.717) is 11.3 Å². The van der Waals surface area contributed by atoms with Gasteiger partial charge in [-0.1, -0.05) is 36.4 Å². The first-order valence-electron chi connectivity index (χ1n) is 8.53. The molecule has 0 atom stereocenters. The summed E-state index contributed by atoms with van der Waals surface area (Å²) < 4.78 is 41.0. The van der Waals surface area contributed by atoms with E-state index in [2.05, 4.69) is 4.72 Å². The smallest absolute Gasteiger partial charge is 0.261 e. The monoisotopic (exact) mass is 398 g/mol. The average Bonchev–Trinajstić information content (AvgIpc) is 2.68. The van der Waals surface area contributed by atoms with Gasteiger partial charge in [0.25, 0.3) is 15.9 Å². The third-order valence-electron chi connectivity index (χ3n) is 4.07. The highest BCUT2D eigenvalue weighted by Crippen LogP contribution is 2.18. The molecule has 5 nitrogen and oxygen atoms in total. The first-order chi connectivity index (χ1) is 13.3. The molecule has 144 valence electrons. The van der Waals surface area contributed by atoms with Gasteiger partial charge in [-0.3, -0.25) is 9.52 Å². The number of rotatable bonds is 6. The third-order valence-corrected chi connectivity index (χ3v) is 5.45. The molecule has 0 aliphatic carbocycles. The molecular weight excluding hydrogens is 379 g/mol. The molecule has 7 heteroatoms. The summed E-state index contributed by atoms with van der Waals surface area (Å²) in [6, 6.07) is 20.3. The van der Waals surface area contributed by atoms with Crippen molar-refractivity contribution in [2.75, 3.05) is 11.8 Å². The molecule has 0 spiro atoms. The van der Waals surface area contributed by atoms with Crippen LogP contribution >= 0.6 is 0 Å². The highest BCUT2D eigenvalue weighted by molar-refractivity contribution is 7.92. The Hall–Kier alpha value is -3.19. The van der Waals surface area contributed by atoms with Gasteiger partial charge >= 0.3 is 0 Å². The first-order valence-corrected chi connectivity index (χ1v) is 10.0. The number of halogens is 1. The molecular formula is C21H19FN2O3S. The van der Waals surface area contributed by atoms with Gasteiger partial charge in [0.2, 0.25) is 0 Å². The summed E-state index contributed by atoms with van der Waals surface area (Å²) in [6.07, 6.45) is 0. The predicted molar refractivity (Wildman–Crippen MR) is 106 cm³/mol. The van der Waals surface area contributed by atoms with Crippen molar-refractivity contribution in [1.29, 1.82) is 0 Å². The number of benzene rings is 3. The van der Waals surface area contributed by atoms with E-state index in [0.717, 1.165) is 0 Å². The molecule has 0 aliphatic heterocycles. The van der Waals surface area contributed by atoms with Crippen LogP contribution in [0.25, 0.3) is 0 Å². The predicted octanol–water partition coefficient (Wildman–Crippen LogP) is 3.90. The zero-order valence-electron chi connectivity index (χ0n) is 15.2. The van der Waals surface area contributed by atoms with Crippen LogP contribution in [-0.4, -0.2) is 26.3 Å². The van der Waals surface area contributed by atoms with Gasteiger partial charge in [-0.05, 0) is 48.0 Å². The van der Waals surface area contributed by atoms with Crippen molar-refractivity contribution in [3.05, 3.63) is 95.8 Å². The van der Waals surface area contributed by atoms with Gasteiger partial charge in [-0.15, -0.1) is 0 Å². The van der Waals surface area contributed by atoms with Crippen LogP contribution in [0.3, 0.4) is 0 Å². The number of nitrogens with one attached hydrogen (secondary N) is 1. The van der Waals surface area contributed by atoms with E-state index in [1.807, 2.05) is 0 Å². The topological polar surface area (TPSA) is 66.5 Å². The van der Waals surface area contributed by atoms with Crippen LogP contribution in [0.4, 0.5) is 10.1 Å². The molecule has 0 radical (unpaired) electrons. The lowest BCUT2D eigenvalue weighted by atomic mass is 10.1. The van der Waals surface area contributed by atoms with E-state index in [1.54, 1.807) is 55.6 Å². The van der Waals surface area contributed by atoms with Crippen LogP contribution in [0.5, 0.6) is 0 Å². The van der Waals surface area contributed by atoms with Gasteiger partial charge in [0.15, 0.2) is 0 Å². The summed E-state index contributed by atoms with van der Waals surface area (Å²) in [5.74, 6) is -0.737. The minimum Gasteiger partial charge on any atom is -0.337 e. The summed E-state index contributed by atoms with van der Waals surface area (Å²) in [5, 5.41) is 0. The standard InChI is InChI=1S/C21H19FN2O3S/c1-24(15-16-7-5-9-18(22)13-16)21(25)17-8-6-12-20(14-17)28(26,27)23-19-10-3-2-4-11-19/h2-14,23H,15H2,1H3. The average molecular weight is 398 g/mol. The Morgan fingerprint density at radius 2 is 1.68 bits per heavy atom. The number of carbonyl (C=O) groups excluding carboxylic acids is 1. The van der Waals surface area contributed by atoms with Crippen molar-refractivity contribution in [1.82, 2.24) is 4.90 Å². The zero-order chi connectivity index (χ0) is 20.1. The van der Waals surface area contributed by atoms with E-state index in [1.165, 1.54) is 35.2 Å². The summed E-state index contributed by atoms with van der Waals surface area (Å²) in [6.45, 7) is 0.204. The Kier molecular flexibility index (Phi) is 5.75.